The normalized spacial score (nSPS) is 24.9. The van der Waals surface area contributed by atoms with Crippen LogP contribution < -0.4 is 10.6 Å². The van der Waals surface area contributed by atoms with Crippen molar-refractivity contribution in [3.05, 3.63) is 54.9 Å². The van der Waals surface area contributed by atoms with E-state index in [1.165, 1.54) is 31.0 Å². The van der Waals surface area contributed by atoms with Gasteiger partial charge >= 0.3 is 0 Å². The van der Waals surface area contributed by atoms with Gasteiger partial charge in [0.2, 0.25) is 11.8 Å². The molecule has 5 rings (SSSR count). The third-order valence-corrected chi connectivity index (χ3v) is 7.75. The van der Waals surface area contributed by atoms with E-state index in [9.17, 15) is 9.59 Å². The average Bonchev–Trinajstić information content (AvgIpc) is 3.23. The van der Waals surface area contributed by atoms with Crippen molar-refractivity contribution in [1.82, 2.24) is 15.1 Å². The van der Waals surface area contributed by atoms with Gasteiger partial charge in [0.05, 0.1) is 17.6 Å². The van der Waals surface area contributed by atoms with Crippen molar-refractivity contribution in [2.45, 2.75) is 30.7 Å². The van der Waals surface area contributed by atoms with Crippen LogP contribution in [0.2, 0.25) is 0 Å². The van der Waals surface area contributed by atoms with E-state index in [0.29, 0.717) is 28.7 Å². The minimum Gasteiger partial charge on any atom is -0.354 e. The zero-order valence-corrected chi connectivity index (χ0v) is 17.6. The summed E-state index contributed by atoms with van der Waals surface area (Å²) in [4.78, 5) is 25.6. The maximum atomic E-state index is 12.4. The maximum Gasteiger partial charge on any atom is 0.241 e. The first kappa shape index (κ1) is 19.4. The highest BCUT2D eigenvalue weighted by Gasteiger charge is 2.62. The van der Waals surface area contributed by atoms with Gasteiger partial charge in [-0.3, -0.25) is 14.3 Å². The number of benzene rings is 1. The standard InChI is InChI=1S/C23H26N4O2S/c28-21(24-11-16-10-17-6-7-20(16)23(17)8-9-23)14-27-13-18(12-25-27)26-22(29)15-30-19-4-2-1-3-5-19/h1-7,12-13,16-17,20H,8-11,14-15H2,(H,24,28)(H,26,29)/t16-,17-,20-/m1/s1. The van der Waals surface area contributed by atoms with Crippen LogP contribution in [0.15, 0.2) is 59.8 Å². The van der Waals surface area contributed by atoms with Crippen LogP contribution in [-0.2, 0) is 16.1 Å². The largest absolute Gasteiger partial charge is 0.354 e. The van der Waals surface area contributed by atoms with Crippen molar-refractivity contribution < 1.29 is 9.59 Å². The highest BCUT2D eigenvalue weighted by Crippen LogP contribution is 2.69. The fourth-order valence-corrected chi connectivity index (χ4v) is 5.90. The highest BCUT2D eigenvalue weighted by atomic mass is 32.2. The van der Waals surface area contributed by atoms with E-state index in [0.717, 1.165) is 17.4 Å². The Bertz CT molecular complexity index is 967. The second-order valence-electron chi connectivity index (χ2n) is 8.63. The molecule has 6 nitrogen and oxygen atoms in total. The molecule has 1 spiro atoms. The topological polar surface area (TPSA) is 76.0 Å². The van der Waals surface area contributed by atoms with Crippen molar-refractivity contribution >= 4 is 29.3 Å². The Labute approximate surface area is 180 Å². The predicted molar refractivity (Wildman–Crippen MR) is 117 cm³/mol. The van der Waals surface area contributed by atoms with E-state index in [1.54, 1.807) is 17.1 Å². The Morgan fingerprint density at radius 3 is 2.77 bits per heavy atom. The molecule has 0 unspecified atom stereocenters. The van der Waals surface area contributed by atoms with Crippen LogP contribution in [0.25, 0.3) is 0 Å². The quantitative estimate of drug-likeness (QED) is 0.505. The molecule has 7 heteroatoms. The third kappa shape index (κ3) is 3.90. The van der Waals surface area contributed by atoms with Crippen LogP contribution in [-0.4, -0.2) is 33.9 Å². The molecule has 0 aliphatic heterocycles. The number of thioether (sulfide) groups is 1. The first-order valence-electron chi connectivity index (χ1n) is 10.6. The Morgan fingerprint density at radius 1 is 1.17 bits per heavy atom. The monoisotopic (exact) mass is 422 g/mol. The van der Waals surface area contributed by atoms with Gasteiger partial charge in [0, 0.05) is 17.6 Å². The molecule has 0 saturated heterocycles. The number of anilines is 1. The average molecular weight is 423 g/mol. The lowest BCUT2D eigenvalue weighted by Gasteiger charge is -2.20. The molecule has 1 aromatic heterocycles. The van der Waals surface area contributed by atoms with Crippen LogP contribution in [0.4, 0.5) is 5.69 Å². The van der Waals surface area contributed by atoms with E-state index in [4.69, 9.17) is 0 Å². The number of nitrogens with one attached hydrogen (secondary N) is 2. The molecule has 2 amide bonds. The lowest BCUT2D eigenvalue weighted by molar-refractivity contribution is -0.122. The van der Waals surface area contributed by atoms with Crippen LogP contribution in [0.5, 0.6) is 0 Å². The summed E-state index contributed by atoms with van der Waals surface area (Å²) in [6.07, 6.45) is 12.0. The third-order valence-electron chi connectivity index (χ3n) is 6.74. The Balaban J connectivity index is 1.05. The fourth-order valence-electron chi connectivity index (χ4n) is 5.18. The number of carbonyl (C=O) groups is 2. The number of amides is 2. The summed E-state index contributed by atoms with van der Waals surface area (Å²) in [5.74, 6) is 2.17. The molecule has 0 radical (unpaired) electrons. The first-order valence-corrected chi connectivity index (χ1v) is 11.6. The van der Waals surface area contributed by atoms with Gasteiger partial charge in [-0.25, -0.2) is 0 Å². The molecule has 2 N–H and O–H groups in total. The molecule has 156 valence electrons. The van der Waals surface area contributed by atoms with Crippen molar-refractivity contribution in [3.8, 4) is 0 Å². The van der Waals surface area contributed by atoms with E-state index in [2.05, 4.69) is 27.9 Å². The molecule has 3 aliphatic carbocycles. The SMILES string of the molecule is O=C(Cn1cc(NC(=O)CSc2ccccc2)cn1)NC[C@H]1C[C@H]2C=C[C@H]1C21CC1. The van der Waals surface area contributed by atoms with Gasteiger partial charge < -0.3 is 10.6 Å². The zero-order chi connectivity index (χ0) is 20.6. The second kappa shape index (κ2) is 7.95. The molecular weight excluding hydrogens is 396 g/mol. The van der Waals surface area contributed by atoms with Crippen molar-refractivity contribution in [3.63, 3.8) is 0 Å². The van der Waals surface area contributed by atoms with Gasteiger partial charge in [0.1, 0.15) is 6.54 Å². The Morgan fingerprint density at radius 2 is 2.00 bits per heavy atom. The summed E-state index contributed by atoms with van der Waals surface area (Å²) in [5.41, 5.74) is 1.17. The van der Waals surface area contributed by atoms with Crippen LogP contribution >= 0.6 is 11.8 Å². The van der Waals surface area contributed by atoms with Crippen molar-refractivity contribution in [2.75, 3.05) is 17.6 Å². The van der Waals surface area contributed by atoms with E-state index < -0.39 is 0 Å². The van der Waals surface area contributed by atoms with E-state index >= 15 is 0 Å². The number of hydrogen-bond acceptors (Lipinski definition) is 4. The van der Waals surface area contributed by atoms with Crippen LogP contribution in [0, 0.1) is 23.2 Å². The predicted octanol–water partition coefficient (Wildman–Crippen LogP) is 3.33. The lowest BCUT2D eigenvalue weighted by atomic mass is 9.89. The summed E-state index contributed by atoms with van der Waals surface area (Å²) >= 11 is 1.48. The molecule has 1 aromatic carbocycles. The number of carbonyl (C=O) groups excluding carboxylic acids is 2. The van der Waals surface area contributed by atoms with Gasteiger partial charge in [-0.2, -0.15) is 5.10 Å². The molecule has 1 heterocycles. The molecule has 30 heavy (non-hydrogen) atoms. The molecular formula is C23H26N4O2S. The Kier molecular flexibility index (Phi) is 5.15. The summed E-state index contributed by atoms with van der Waals surface area (Å²) in [5, 5.41) is 10.1. The number of rotatable bonds is 8. The molecule has 3 aliphatic rings. The highest BCUT2D eigenvalue weighted by molar-refractivity contribution is 8.00. The minimum absolute atomic E-state index is 0.0350. The molecule has 3 atom stereocenters. The summed E-state index contributed by atoms with van der Waals surface area (Å²) in [6, 6.07) is 9.81. The number of allylic oxidation sites excluding steroid dienone is 2. The first-order chi connectivity index (χ1) is 14.6. The molecule has 2 saturated carbocycles. The van der Waals surface area contributed by atoms with E-state index in [1.807, 2.05) is 30.3 Å². The summed E-state index contributed by atoms with van der Waals surface area (Å²) in [6.45, 7) is 0.907. The van der Waals surface area contributed by atoms with Gasteiger partial charge in [0.25, 0.3) is 0 Å². The van der Waals surface area contributed by atoms with Gasteiger partial charge in [-0.05, 0) is 54.6 Å². The Hall–Kier alpha value is -2.54. The lowest BCUT2D eigenvalue weighted by Crippen LogP contribution is -2.34. The smallest absolute Gasteiger partial charge is 0.241 e. The number of aromatic nitrogens is 2. The molecule has 2 aromatic rings. The maximum absolute atomic E-state index is 12.4. The van der Waals surface area contributed by atoms with E-state index in [-0.39, 0.29) is 18.4 Å². The number of hydrogen-bond donors (Lipinski definition) is 2. The molecule has 2 fully saturated rings. The van der Waals surface area contributed by atoms with Gasteiger partial charge in [0.15, 0.2) is 0 Å². The zero-order valence-electron chi connectivity index (χ0n) is 16.8. The fraction of sp³-hybridized carbons (Fsp3) is 0.435. The second-order valence-corrected chi connectivity index (χ2v) is 9.68. The summed E-state index contributed by atoms with van der Waals surface area (Å²) < 4.78 is 1.57. The van der Waals surface area contributed by atoms with Crippen LogP contribution in [0.1, 0.15) is 19.3 Å². The van der Waals surface area contributed by atoms with Gasteiger partial charge in [-0.1, -0.05) is 30.4 Å². The molecule has 2 bridgehead atoms. The van der Waals surface area contributed by atoms with Crippen molar-refractivity contribution in [1.29, 1.82) is 0 Å². The van der Waals surface area contributed by atoms with Crippen LogP contribution in [0.3, 0.4) is 0 Å². The minimum atomic E-state index is -0.0915. The summed E-state index contributed by atoms with van der Waals surface area (Å²) in [7, 11) is 0. The van der Waals surface area contributed by atoms with Gasteiger partial charge in [-0.15, -0.1) is 11.8 Å². The van der Waals surface area contributed by atoms with Crippen molar-refractivity contribution in [2.24, 2.45) is 23.2 Å². The number of nitrogens with zero attached hydrogens (tertiary/aromatic N) is 2.